The Morgan fingerprint density at radius 3 is 3.14 bits per heavy atom. The first-order valence-electron chi connectivity index (χ1n) is 4.37. The highest BCUT2D eigenvalue weighted by atomic mass is 16.4. The lowest BCUT2D eigenvalue weighted by atomic mass is 10.2. The number of nitrogens with zero attached hydrogens (tertiary/aromatic N) is 3. The molecule has 6 nitrogen and oxygen atoms in total. The molecule has 0 aliphatic heterocycles. The predicted molar refractivity (Wildman–Crippen MR) is 53.2 cm³/mol. The van der Waals surface area contributed by atoms with Crippen LogP contribution in [-0.2, 0) is 13.5 Å². The van der Waals surface area contributed by atoms with Crippen LogP contribution in [0.4, 0.5) is 0 Å². The molecule has 0 amide bonds. The van der Waals surface area contributed by atoms with E-state index in [0.29, 0.717) is 6.54 Å². The van der Waals surface area contributed by atoms with Crippen LogP contribution < -0.4 is 11.1 Å². The first-order chi connectivity index (χ1) is 6.72. The number of aromatic nitrogens is 2. The van der Waals surface area contributed by atoms with E-state index in [1.54, 1.807) is 4.68 Å². The molecule has 0 aromatic carbocycles. The fraction of sp³-hybridized carbons (Fsp3) is 0.500. The summed E-state index contributed by atoms with van der Waals surface area (Å²) in [6.07, 6.45) is 4.67. The van der Waals surface area contributed by atoms with Gasteiger partial charge in [0, 0.05) is 13.2 Å². The maximum Gasteiger partial charge on any atom is 0.153 e. The van der Waals surface area contributed by atoms with Crippen LogP contribution in [-0.4, -0.2) is 33.9 Å². The molecule has 0 atom stereocenters. The highest BCUT2D eigenvalue weighted by molar-refractivity contribution is 5.81. The number of rotatable bonds is 5. The Morgan fingerprint density at radius 1 is 1.79 bits per heavy atom. The Morgan fingerprint density at radius 2 is 2.57 bits per heavy atom. The smallest absolute Gasteiger partial charge is 0.153 e. The third kappa shape index (κ3) is 3.44. The molecule has 1 aromatic rings. The van der Waals surface area contributed by atoms with Crippen LogP contribution in [0, 0.1) is 0 Å². The number of hydrogen-bond donors (Lipinski definition) is 3. The molecule has 0 fully saturated rings. The molecule has 0 saturated carbocycles. The van der Waals surface area contributed by atoms with Gasteiger partial charge in [-0.1, -0.05) is 5.16 Å². The van der Waals surface area contributed by atoms with Crippen molar-refractivity contribution in [2.24, 2.45) is 17.9 Å². The molecule has 0 saturated heterocycles. The van der Waals surface area contributed by atoms with Gasteiger partial charge in [0.2, 0.25) is 0 Å². The summed E-state index contributed by atoms with van der Waals surface area (Å²) in [5.41, 5.74) is 6.44. The van der Waals surface area contributed by atoms with Crippen molar-refractivity contribution in [1.82, 2.24) is 15.1 Å². The van der Waals surface area contributed by atoms with Gasteiger partial charge in [-0.3, -0.25) is 4.68 Å². The van der Waals surface area contributed by atoms with E-state index in [1.165, 1.54) is 5.56 Å². The summed E-state index contributed by atoms with van der Waals surface area (Å²) in [6.45, 7) is 1.18. The predicted octanol–water partition coefficient (Wildman–Crippen LogP) is -0.701. The van der Waals surface area contributed by atoms with Crippen LogP contribution >= 0.6 is 0 Å². The minimum Gasteiger partial charge on any atom is -0.409 e. The zero-order chi connectivity index (χ0) is 10.4. The average molecular weight is 197 g/mol. The van der Waals surface area contributed by atoms with Crippen molar-refractivity contribution in [3.05, 3.63) is 18.0 Å². The molecule has 0 unspecified atom stereocenters. The fourth-order valence-corrected chi connectivity index (χ4v) is 1.09. The highest BCUT2D eigenvalue weighted by Gasteiger charge is 1.96. The summed E-state index contributed by atoms with van der Waals surface area (Å²) in [4.78, 5) is 0. The first-order valence-corrected chi connectivity index (χ1v) is 4.37. The molecule has 0 aliphatic carbocycles. The van der Waals surface area contributed by atoms with E-state index < -0.39 is 0 Å². The SMILES string of the molecule is Cn1cc(CCNC/C(N)=N/O)cn1. The Bertz CT molecular complexity index is 306. The van der Waals surface area contributed by atoms with Crippen molar-refractivity contribution < 1.29 is 5.21 Å². The molecular formula is C8H15N5O. The number of amidine groups is 1. The van der Waals surface area contributed by atoms with Crippen molar-refractivity contribution >= 4 is 5.84 Å². The lowest BCUT2D eigenvalue weighted by molar-refractivity contribution is 0.317. The highest BCUT2D eigenvalue weighted by Crippen LogP contribution is 1.95. The zero-order valence-electron chi connectivity index (χ0n) is 8.14. The van der Waals surface area contributed by atoms with Crippen LogP contribution in [0.25, 0.3) is 0 Å². The number of nitrogens with two attached hydrogens (primary N) is 1. The minimum atomic E-state index is 0.191. The normalized spacial score (nSPS) is 11.9. The Balaban J connectivity index is 2.16. The van der Waals surface area contributed by atoms with Crippen molar-refractivity contribution in [1.29, 1.82) is 0 Å². The summed E-state index contributed by atoms with van der Waals surface area (Å²) in [5, 5.41) is 18.2. The van der Waals surface area contributed by atoms with E-state index in [9.17, 15) is 0 Å². The fourth-order valence-electron chi connectivity index (χ4n) is 1.09. The summed E-state index contributed by atoms with van der Waals surface area (Å²) >= 11 is 0. The van der Waals surface area contributed by atoms with E-state index in [1.807, 2.05) is 19.4 Å². The second kappa shape index (κ2) is 5.23. The molecule has 6 heteroatoms. The number of oxime groups is 1. The Labute approximate surface area is 82.4 Å². The van der Waals surface area contributed by atoms with Gasteiger partial charge < -0.3 is 16.3 Å². The molecule has 14 heavy (non-hydrogen) atoms. The van der Waals surface area contributed by atoms with E-state index in [2.05, 4.69) is 15.6 Å². The van der Waals surface area contributed by atoms with Crippen molar-refractivity contribution in [3.63, 3.8) is 0 Å². The van der Waals surface area contributed by atoms with Crippen LogP contribution in [0.15, 0.2) is 17.5 Å². The van der Waals surface area contributed by atoms with Crippen LogP contribution in [0.2, 0.25) is 0 Å². The maximum absolute atomic E-state index is 8.26. The molecule has 1 rings (SSSR count). The monoisotopic (exact) mass is 197 g/mol. The van der Waals surface area contributed by atoms with E-state index in [0.717, 1.165) is 13.0 Å². The molecule has 4 N–H and O–H groups in total. The third-order valence-electron chi connectivity index (χ3n) is 1.78. The largest absolute Gasteiger partial charge is 0.409 e. The summed E-state index contributed by atoms with van der Waals surface area (Å²) in [5.74, 6) is 0.191. The quantitative estimate of drug-likeness (QED) is 0.191. The Kier molecular flexibility index (Phi) is 3.93. The van der Waals surface area contributed by atoms with Gasteiger partial charge in [-0.25, -0.2) is 0 Å². The van der Waals surface area contributed by atoms with E-state index in [-0.39, 0.29) is 5.84 Å². The zero-order valence-corrected chi connectivity index (χ0v) is 8.14. The standard InChI is InChI=1S/C8H15N5O/c1-13-6-7(4-11-13)2-3-10-5-8(9)12-14/h4,6,10,14H,2-3,5H2,1H3,(H2,9,12). The second-order valence-electron chi connectivity index (χ2n) is 3.04. The molecule has 1 heterocycles. The molecule has 0 bridgehead atoms. The first kappa shape index (κ1) is 10.5. The van der Waals surface area contributed by atoms with Gasteiger partial charge in [0.05, 0.1) is 12.7 Å². The van der Waals surface area contributed by atoms with Gasteiger partial charge in [0.15, 0.2) is 5.84 Å². The number of nitrogens with one attached hydrogen (secondary N) is 1. The van der Waals surface area contributed by atoms with Crippen LogP contribution in [0.1, 0.15) is 5.56 Å². The van der Waals surface area contributed by atoms with E-state index >= 15 is 0 Å². The lowest BCUT2D eigenvalue weighted by Gasteiger charge is -2.01. The molecule has 78 valence electrons. The summed E-state index contributed by atoms with van der Waals surface area (Å²) in [6, 6.07) is 0. The Hall–Kier alpha value is -1.56. The molecule has 0 aliphatic rings. The van der Waals surface area contributed by atoms with Gasteiger partial charge in [0.25, 0.3) is 0 Å². The third-order valence-corrected chi connectivity index (χ3v) is 1.78. The minimum absolute atomic E-state index is 0.191. The molecule has 1 aromatic heterocycles. The van der Waals surface area contributed by atoms with Gasteiger partial charge in [0.1, 0.15) is 0 Å². The van der Waals surface area contributed by atoms with Crippen molar-refractivity contribution in [2.45, 2.75) is 6.42 Å². The maximum atomic E-state index is 8.26. The lowest BCUT2D eigenvalue weighted by Crippen LogP contribution is -2.30. The summed E-state index contributed by atoms with van der Waals surface area (Å²) in [7, 11) is 1.88. The molecule has 0 radical (unpaired) electrons. The average Bonchev–Trinajstić information content (AvgIpc) is 2.58. The topological polar surface area (TPSA) is 88.5 Å². The van der Waals surface area contributed by atoms with Crippen molar-refractivity contribution in [3.8, 4) is 0 Å². The van der Waals surface area contributed by atoms with Gasteiger partial charge in [-0.05, 0) is 18.5 Å². The van der Waals surface area contributed by atoms with Gasteiger partial charge in [-0.2, -0.15) is 5.10 Å². The molecular weight excluding hydrogens is 182 g/mol. The number of hydrogen-bond acceptors (Lipinski definition) is 4. The van der Waals surface area contributed by atoms with Gasteiger partial charge in [-0.15, -0.1) is 0 Å². The second-order valence-corrected chi connectivity index (χ2v) is 3.04. The van der Waals surface area contributed by atoms with Crippen LogP contribution in [0.5, 0.6) is 0 Å². The summed E-state index contributed by atoms with van der Waals surface area (Å²) < 4.78 is 1.76. The van der Waals surface area contributed by atoms with Gasteiger partial charge >= 0.3 is 0 Å². The van der Waals surface area contributed by atoms with Crippen LogP contribution in [0.3, 0.4) is 0 Å². The van der Waals surface area contributed by atoms with E-state index in [4.69, 9.17) is 10.9 Å². The molecule has 0 spiro atoms. The number of aryl methyl sites for hydroxylation is 1. The van der Waals surface area contributed by atoms with Crippen molar-refractivity contribution in [2.75, 3.05) is 13.1 Å².